The molecule has 0 aliphatic rings. The molecule has 0 heterocycles. The van der Waals surface area contributed by atoms with Crippen molar-refractivity contribution in [1.29, 1.82) is 0 Å². The van der Waals surface area contributed by atoms with Crippen molar-refractivity contribution < 1.29 is 23.1 Å². The molecule has 0 amide bonds. The molecular weight excluding hydrogens is 192 g/mol. The largest absolute Gasteiger partial charge is 0.527 e. The van der Waals surface area contributed by atoms with E-state index in [1.165, 1.54) is 21.3 Å². The van der Waals surface area contributed by atoms with Crippen LogP contribution in [0.25, 0.3) is 0 Å². The maximum Gasteiger partial charge on any atom is 0.527 e. The van der Waals surface area contributed by atoms with Crippen LogP contribution in [0, 0.1) is 0 Å². The minimum absolute atomic E-state index is 0.158. The fraction of sp³-hybridized carbons (Fsp3) is 1.00. The van der Waals surface area contributed by atoms with Crippen molar-refractivity contribution in [1.82, 2.24) is 0 Å². The van der Waals surface area contributed by atoms with E-state index in [1.54, 1.807) is 0 Å². The predicted octanol–water partition coefficient (Wildman–Crippen LogP) is 0.149. The number of ether oxygens (including phenoxy) is 1. The lowest BCUT2D eigenvalue weighted by Gasteiger charge is -2.24. The van der Waals surface area contributed by atoms with Crippen LogP contribution in [0.15, 0.2) is 0 Å². The molecule has 13 heavy (non-hydrogen) atoms. The molecule has 0 aliphatic carbocycles. The third-order valence-electron chi connectivity index (χ3n) is 1.73. The summed E-state index contributed by atoms with van der Waals surface area (Å²) in [7, 11) is 1.82. The van der Waals surface area contributed by atoms with Crippen LogP contribution in [0.4, 0.5) is 0 Å². The van der Waals surface area contributed by atoms with E-state index in [2.05, 4.69) is 0 Å². The number of hydrogen-bond donors (Lipinski definition) is 1. The molecule has 0 aromatic heterocycles. The summed E-state index contributed by atoms with van der Waals surface area (Å²) >= 11 is 0. The Balaban J connectivity index is 3.95. The van der Waals surface area contributed by atoms with Gasteiger partial charge in [0.15, 0.2) is 6.29 Å². The van der Waals surface area contributed by atoms with Crippen molar-refractivity contribution in [2.75, 3.05) is 27.6 Å². The number of aliphatic hydroxyl groups excluding tert-OH is 1. The predicted molar refractivity (Wildman–Crippen MR) is 49.0 cm³/mol. The van der Waals surface area contributed by atoms with Crippen LogP contribution < -0.4 is 0 Å². The Labute approximate surface area is 79.9 Å². The lowest BCUT2D eigenvalue weighted by Crippen LogP contribution is -2.49. The first-order valence-corrected chi connectivity index (χ1v) is 6.02. The maximum absolute atomic E-state index is 9.14. The van der Waals surface area contributed by atoms with E-state index in [0.717, 1.165) is 0 Å². The van der Waals surface area contributed by atoms with Crippen LogP contribution in [0.5, 0.6) is 0 Å². The molecule has 0 saturated carbocycles. The number of hydrogen-bond acceptors (Lipinski definition) is 5. The highest BCUT2D eigenvalue weighted by Crippen LogP contribution is 2.07. The van der Waals surface area contributed by atoms with E-state index in [-0.39, 0.29) is 6.23 Å². The van der Waals surface area contributed by atoms with Gasteiger partial charge in [0.1, 0.15) is 6.23 Å². The Hall–Kier alpha value is 0.0169. The van der Waals surface area contributed by atoms with E-state index in [4.69, 9.17) is 23.1 Å². The summed E-state index contributed by atoms with van der Waals surface area (Å²) in [6, 6.07) is 0. The van der Waals surface area contributed by atoms with Crippen molar-refractivity contribution in [3.8, 4) is 0 Å². The lowest BCUT2D eigenvalue weighted by molar-refractivity contribution is -0.0993. The van der Waals surface area contributed by atoms with Crippen molar-refractivity contribution >= 4 is 8.80 Å². The van der Waals surface area contributed by atoms with Gasteiger partial charge in [-0.1, -0.05) is 6.92 Å². The van der Waals surface area contributed by atoms with Gasteiger partial charge in [-0.2, -0.15) is 0 Å². The summed E-state index contributed by atoms with van der Waals surface area (Å²) in [6.07, 6.45) is -0.0973. The fourth-order valence-electron chi connectivity index (χ4n) is 0.743. The van der Waals surface area contributed by atoms with Crippen molar-refractivity contribution in [2.24, 2.45) is 0 Å². The first-order chi connectivity index (χ1) is 6.14. The molecule has 0 aromatic carbocycles. The van der Waals surface area contributed by atoms with Crippen LogP contribution in [0.2, 0.25) is 0 Å². The maximum atomic E-state index is 9.14. The summed E-state index contributed by atoms with van der Waals surface area (Å²) in [5.74, 6) is 0. The van der Waals surface area contributed by atoms with Crippen LogP contribution in [0.1, 0.15) is 13.3 Å². The molecule has 6 heteroatoms. The van der Waals surface area contributed by atoms with E-state index in [9.17, 15) is 0 Å². The Morgan fingerprint density at radius 3 is 1.92 bits per heavy atom. The average molecular weight is 210 g/mol. The molecule has 0 aromatic rings. The van der Waals surface area contributed by atoms with Crippen molar-refractivity contribution in [3.63, 3.8) is 0 Å². The van der Waals surface area contributed by atoms with Crippen LogP contribution in [-0.4, -0.2) is 47.8 Å². The second kappa shape index (κ2) is 6.47. The average Bonchev–Trinajstić information content (AvgIpc) is 2.20. The minimum atomic E-state index is -2.68. The van der Waals surface area contributed by atoms with Crippen molar-refractivity contribution in [2.45, 2.75) is 19.6 Å². The lowest BCUT2D eigenvalue weighted by atomic mass is 10.5. The highest BCUT2D eigenvalue weighted by Gasteiger charge is 2.39. The van der Waals surface area contributed by atoms with Gasteiger partial charge >= 0.3 is 8.80 Å². The molecule has 5 nitrogen and oxygen atoms in total. The van der Waals surface area contributed by atoms with Crippen molar-refractivity contribution in [3.05, 3.63) is 0 Å². The second-order valence-corrected chi connectivity index (χ2v) is 5.35. The smallest absolute Gasteiger partial charge is 0.375 e. The molecule has 0 spiro atoms. The molecule has 1 atom stereocenters. The summed E-state index contributed by atoms with van der Waals surface area (Å²) in [5.41, 5.74) is 0. The molecule has 0 bridgehead atoms. The number of aliphatic hydroxyl groups is 1. The van der Waals surface area contributed by atoms with Gasteiger partial charge in [-0.25, -0.2) is 0 Å². The third kappa shape index (κ3) is 4.16. The molecule has 0 radical (unpaired) electrons. The Bertz CT molecular complexity index is 120. The molecule has 1 N–H and O–H groups in total. The Morgan fingerprint density at radius 1 is 1.15 bits per heavy atom. The van der Waals surface area contributed by atoms with Crippen LogP contribution >= 0.6 is 0 Å². The molecule has 0 aliphatic heterocycles. The SMILES string of the molecule is CCC(O)OC[Si](OC)(OC)OC. The van der Waals surface area contributed by atoms with Crippen LogP contribution in [-0.2, 0) is 18.0 Å². The summed E-state index contributed by atoms with van der Waals surface area (Å²) in [6.45, 7) is 1.82. The fourth-order valence-corrected chi connectivity index (χ4v) is 1.99. The molecule has 0 rings (SSSR count). The van der Waals surface area contributed by atoms with Gasteiger partial charge in [0.05, 0.1) is 0 Å². The van der Waals surface area contributed by atoms with E-state index in [0.29, 0.717) is 6.42 Å². The minimum Gasteiger partial charge on any atom is -0.375 e. The zero-order valence-electron chi connectivity index (χ0n) is 8.57. The summed E-state index contributed by atoms with van der Waals surface area (Å²) < 4.78 is 20.3. The zero-order valence-corrected chi connectivity index (χ0v) is 9.57. The second-order valence-electron chi connectivity index (χ2n) is 2.47. The van der Waals surface area contributed by atoms with Gasteiger partial charge in [-0.15, -0.1) is 0 Å². The molecule has 0 saturated heterocycles. The first-order valence-electron chi connectivity index (χ1n) is 4.09. The third-order valence-corrected chi connectivity index (χ3v) is 4.12. The van der Waals surface area contributed by atoms with Gasteiger partial charge in [-0.3, -0.25) is 0 Å². The standard InChI is InChI=1S/C7H18O5Si/c1-5-7(8)12-6-13(9-2,10-3)11-4/h7-8H,5-6H2,1-4H3. The monoisotopic (exact) mass is 210 g/mol. The highest BCUT2D eigenvalue weighted by molar-refractivity contribution is 6.60. The van der Waals surface area contributed by atoms with E-state index >= 15 is 0 Å². The summed E-state index contributed by atoms with van der Waals surface area (Å²) in [4.78, 5) is 0. The normalized spacial score (nSPS) is 14.5. The van der Waals surface area contributed by atoms with Gasteiger partial charge in [0.25, 0.3) is 0 Å². The Kier molecular flexibility index (Phi) is 6.48. The quantitative estimate of drug-likeness (QED) is 0.479. The van der Waals surface area contributed by atoms with E-state index in [1.807, 2.05) is 6.92 Å². The van der Waals surface area contributed by atoms with E-state index < -0.39 is 15.1 Å². The van der Waals surface area contributed by atoms with Crippen LogP contribution in [0.3, 0.4) is 0 Å². The number of rotatable bonds is 7. The molecule has 1 unspecified atom stereocenters. The zero-order chi connectivity index (χ0) is 10.3. The molecular formula is C7H18O5Si. The Morgan fingerprint density at radius 2 is 1.62 bits per heavy atom. The van der Waals surface area contributed by atoms with Gasteiger partial charge in [0.2, 0.25) is 0 Å². The summed E-state index contributed by atoms with van der Waals surface area (Å²) in [5, 5.41) is 9.14. The van der Waals surface area contributed by atoms with Gasteiger partial charge in [-0.05, 0) is 6.42 Å². The van der Waals surface area contributed by atoms with Gasteiger partial charge in [0, 0.05) is 21.3 Å². The highest BCUT2D eigenvalue weighted by atomic mass is 28.4. The molecule has 80 valence electrons. The first kappa shape index (κ1) is 13.0. The molecule has 0 fully saturated rings. The topological polar surface area (TPSA) is 57.2 Å². The van der Waals surface area contributed by atoms with Gasteiger partial charge < -0.3 is 23.1 Å².